The monoisotopic (exact) mass is 184 g/mol. The van der Waals surface area contributed by atoms with Crippen molar-refractivity contribution in [3.05, 3.63) is 0 Å². The average Bonchev–Trinajstić information content (AvgIpc) is 2.76. The Bertz CT molecular complexity index is 157. The normalized spacial score (nSPS) is 35.8. The van der Waals surface area contributed by atoms with Crippen LogP contribution >= 0.6 is 0 Å². The van der Waals surface area contributed by atoms with E-state index in [9.17, 15) is 0 Å². The zero-order valence-corrected chi connectivity index (χ0v) is 8.46. The fraction of sp³-hybridized carbons (Fsp3) is 1.00. The molecule has 0 spiro atoms. The summed E-state index contributed by atoms with van der Waals surface area (Å²) in [5.74, 6) is 0.711. The van der Waals surface area contributed by atoms with Crippen LogP contribution in [0.3, 0.4) is 0 Å². The van der Waals surface area contributed by atoms with Gasteiger partial charge < -0.3 is 15.0 Å². The summed E-state index contributed by atoms with van der Waals surface area (Å²) in [5.41, 5.74) is 0. The summed E-state index contributed by atoms with van der Waals surface area (Å²) in [6, 6.07) is 0.584. The molecule has 0 aromatic rings. The molecule has 76 valence electrons. The van der Waals surface area contributed by atoms with Crippen molar-refractivity contribution in [1.82, 2.24) is 10.2 Å². The van der Waals surface area contributed by atoms with Crippen LogP contribution < -0.4 is 5.32 Å². The van der Waals surface area contributed by atoms with E-state index in [1.165, 1.54) is 32.5 Å². The lowest BCUT2D eigenvalue weighted by atomic mass is 10.0. The lowest BCUT2D eigenvalue weighted by Crippen LogP contribution is -2.39. The molecule has 0 radical (unpaired) electrons. The Morgan fingerprint density at radius 3 is 2.77 bits per heavy atom. The van der Waals surface area contributed by atoms with E-state index in [1.54, 1.807) is 0 Å². The predicted octanol–water partition coefficient (Wildman–Crippen LogP) is 0.317. The Hall–Kier alpha value is -0.120. The van der Waals surface area contributed by atoms with Crippen LogP contribution in [0.2, 0.25) is 0 Å². The van der Waals surface area contributed by atoms with Crippen LogP contribution in [0.5, 0.6) is 0 Å². The van der Waals surface area contributed by atoms with Crippen LogP contribution in [0.1, 0.15) is 12.8 Å². The largest absolute Gasteiger partial charge is 0.379 e. The Labute approximate surface area is 80.4 Å². The molecule has 2 aliphatic heterocycles. The maximum Gasteiger partial charge on any atom is 0.0623 e. The van der Waals surface area contributed by atoms with Gasteiger partial charge in [0.2, 0.25) is 0 Å². The summed E-state index contributed by atoms with van der Waals surface area (Å²) in [5, 5.41) is 3.34. The van der Waals surface area contributed by atoms with Gasteiger partial charge in [-0.15, -0.1) is 0 Å². The fourth-order valence-corrected chi connectivity index (χ4v) is 2.39. The van der Waals surface area contributed by atoms with Crippen LogP contribution in [-0.4, -0.2) is 50.8 Å². The van der Waals surface area contributed by atoms with E-state index in [1.807, 2.05) is 7.05 Å². The van der Waals surface area contributed by atoms with E-state index < -0.39 is 0 Å². The Morgan fingerprint density at radius 1 is 1.31 bits per heavy atom. The smallest absolute Gasteiger partial charge is 0.0623 e. The summed E-state index contributed by atoms with van der Waals surface area (Å²) in [7, 11) is 2.04. The number of likely N-dealkylation sites (tertiary alicyclic amines) is 1. The van der Waals surface area contributed by atoms with Crippen molar-refractivity contribution in [2.75, 3.05) is 39.9 Å². The second-order valence-corrected chi connectivity index (χ2v) is 4.20. The highest BCUT2D eigenvalue weighted by Gasteiger charge is 2.29. The number of ether oxygens (including phenoxy) is 1. The number of rotatable bonds is 3. The van der Waals surface area contributed by atoms with E-state index >= 15 is 0 Å². The highest BCUT2D eigenvalue weighted by Crippen LogP contribution is 2.17. The molecule has 0 aliphatic carbocycles. The third kappa shape index (κ3) is 2.22. The zero-order valence-electron chi connectivity index (χ0n) is 8.46. The maximum absolute atomic E-state index is 5.48. The number of nitrogens with one attached hydrogen (secondary N) is 1. The van der Waals surface area contributed by atoms with Gasteiger partial charge in [0.1, 0.15) is 0 Å². The molecule has 3 nitrogen and oxygen atoms in total. The molecule has 0 amide bonds. The number of likely N-dealkylation sites (N-methyl/N-ethyl adjacent to an activating group) is 1. The van der Waals surface area contributed by atoms with Crippen LogP contribution in [-0.2, 0) is 4.74 Å². The van der Waals surface area contributed by atoms with Gasteiger partial charge >= 0.3 is 0 Å². The molecule has 0 bridgehead atoms. The summed E-state index contributed by atoms with van der Waals surface area (Å²) in [6.45, 7) is 5.67. The van der Waals surface area contributed by atoms with Crippen LogP contribution in [0.15, 0.2) is 0 Å². The van der Waals surface area contributed by atoms with Crippen molar-refractivity contribution >= 4 is 0 Å². The maximum atomic E-state index is 5.48. The van der Waals surface area contributed by atoms with Gasteiger partial charge in [-0.25, -0.2) is 0 Å². The fourth-order valence-electron chi connectivity index (χ4n) is 2.39. The topological polar surface area (TPSA) is 24.5 Å². The Balaban J connectivity index is 1.79. The van der Waals surface area contributed by atoms with Gasteiger partial charge in [0.15, 0.2) is 0 Å². The lowest BCUT2D eigenvalue weighted by molar-refractivity contribution is 0.173. The zero-order chi connectivity index (χ0) is 9.10. The quantitative estimate of drug-likeness (QED) is 0.683. The summed E-state index contributed by atoms with van der Waals surface area (Å²) in [4.78, 5) is 2.57. The first-order valence-corrected chi connectivity index (χ1v) is 5.37. The SMILES string of the molecule is CNC1COCC1CN1CCCC1. The van der Waals surface area contributed by atoms with Gasteiger partial charge in [-0.3, -0.25) is 0 Å². The Morgan fingerprint density at radius 2 is 2.08 bits per heavy atom. The molecule has 0 aromatic heterocycles. The number of nitrogens with zero attached hydrogens (tertiary/aromatic N) is 1. The van der Waals surface area contributed by atoms with Gasteiger partial charge in [-0.05, 0) is 33.0 Å². The molecule has 2 atom stereocenters. The second-order valence-electron chi connectivity index (χ2n) is 4.20. The van der Waals surface area contributed by atoms with E-state index in [0.29, 0.717) is 12.0 Å². The molecular formula is C10H20N2O. The van der Waals surface area contributed by atoms with Crippen molar-refractivity contribution in [2.45, 2.75) is 18.9 Å². The molecule has 1 N–H and O–H groups in total. The van der Waals surface area contributed by atoms with Gasteiger partial charge in [0, 0.05) is 18.5 Å². The minimum Gasteiger partial charge on any atom is -0.379 e. The first kappa shape index (κ1) is 9.44. The van der Waals surface area contributed by atoms with Crippen molar-refractivity contribution in [3.63, 3.8) is 0 Å². The van der Waals surface area contributed by atoms with Crippen molar-refractivity contribution < 1.29 is 4.74 Å². The molecule has 2 aliphatic rings. The van der Waals surface area contributed by atoms with Crippen molar-refractivity contribution in [3.8, 4) is 0 Å². The summed E-state index contributed by atoms with van der Waals surface area (Å²) in [6.07, 6.45) is 2.77. The predicted molar refractivity (Wildman–Crippen MR) is 52.8 cm³/mol. The molecule has 0 saturated carbocycles. The first-order valence-electron chi connectivity index (χ1n) is 5.37. The van der Waals surface area contributed by atoms with E-state index in [4.69, 9.17) is 4.74 Å². The van der Waals surface area contributed by atoms with E-state index in [0.717, 1.165) is 13.2 Å². The molecule has 2 heterocycles. The van der Waals surface area contributed by atoms with Gasteiger partial charge in [-0.2, -0.15) is 0 Å². The molecule has 13 heavy (non-hydrogen) atoms. The van der Waals surface area contributed by atoms with Crippen LogP contribution in [0.25, 0.3) is 0 Å². The van der Waals surface area contributed by atoms with E-state index in [-0.39, 0.29) is 0 Å². The molecule has 2 saturated heterocycles. The standard InChI is InChI=1S/C10H20N2O/c1-11-10-8-13-7-9(10)6-12-4-2-3-5-12/h9-11H,2-8H2,1H3. The minimum atomic E-state index is 0.584. The van der Waals surface area contributed by atoms with Crippen molar-refractivity contribution in [2.24, 2.45) is 5.92 Å². The third-order valence-electron chi connectivity index (χ3n) is 3.26. The Kier molecular flexibility index (Phi) is 3.19. The highest BCUT2D eigenvalue weighted by molar-refractivity contribution is 4.83. The van der Waals surface area contributed by atoms with Gasteiger partial charge in [0.25, 0.3) is 0 Å². The average molecular weight is 184 g/mol. The summed E-state index contributed by atoms with van der Waals surface area (Å²) >= 11 is 0. The molecule has 0 aromatic carbocycles. The second kappa shape index (κ2) is 4.40. The number of hydrogen-bond acceptors (Lipinski definition) is 3. The minimum absolute atomic E-state index is 0.584. The third-order valence-corrected chi connectivity index (χ3v) is 3.26. The molecule has 2 unspecified atom stereocenters. The molecular weight excluding hydrogens is 164 g/mol. The summed E-state index contributed by atoms with van der Waals surface area (Å²) < 4.78 is 5.48. The van der Waals surface area contributed by atoms with Gasteiger partial charge in [0.05, 0.1) is 13.2 Å². The lowest BCUT2D eigenvalue weighted by Gasteiger charge is -2.22. The van der Waals surface area contributed by atoms with Gasteiger partial charge in [-0.1, -0.05) is 0 Å². The first-order chi connectivity index (χ1) is 6.40. The van der Waals surface area contributed by atoms with Crippen LogP contribution in [0, 0.1) is 5.92 Å². The van der Waals surface area contributed by atoms with E-state index in [2.05, 4.69) is 10.2 Å². The number of hydrogen-bond donors (Lipinski definition) is 1. The molecule has 3 heteroatoms. The highest BCUT2D eigenvalue weighted by atomic mass is 16.5. The molecule has 2 fully saturated rings. The van der Waals surface area contributed by atoms with Crippen LogP contribution in [0.4, 0.5) is 0 Å². The molecule has 2 rings (SSSR count). The van der Waals surface area contributed by atoms with Crippen molar-refractivity contribution in [1.29, 1.82) is 0 Å².